The SMILES string of the molecule is Fc1cc(F)c(-c2cccc(F)c2F)nc1F. The largest absolute Gasteiger partial charge is 0.249 e. The van der Waals surface area contributed by atoms with Crippen molar-refractivity contribution in [3.8, 4) is 11.3 Å². The fraction of sp³-hybridized carbons (Fsp3) is 0. The minimum absolute atomic E-state index is 0.224. The van der Waals surface area contributed by atoms with E-state index in [0.717, 1.165) is 18.2 Å². The van der Waals surface area contributed by atoms with Crippen molar-refractivity contribution < 1.29 is 22.0 Å². The van der Waals surface area contributed by atoms with Gasteiger partial charge in [-0.05, 0) is 12.1 Å². The van der Waals surface area contributed by atoms with Crippen LogP contribution in [0.15, 0.2) is 24.3 Å². The number of nitrogens with zero attached hydrogens (tertiary/aromatic N) is 1. The highest BCUT2D eigenvalue weighted by atomic mass is 19.2. The number of hydrogen-bond donors (Lipinski definition) is 0. The first-order valence-electron chi connectivity index (χ1n) is 4.46. The average molecular weight is 245 g/mol. The summed E-state index contributed by atoms with van der Waals surface area (Å²) < 4.78 is 64.9. The second kappa shape index (κ2) is 4.12. The van der Waals surface area contributed by atoms with E-state index in [2.05, 4.69) is 4.98 Å². The molecule has 2 rings (SSSR count). The van der Waals surface area contributed by atoms with Crippen LogP contribution in [-0.2, 0) is 0 Å². The van der Waals surface area contributed by atoms with Crippen LogP contribution >= 0.6 is 0 Å². The molecule has 0 N–H and O–H groups in total. The normalized spacial score (nSPS) is 10.6. The van der Waals surface area contributed by atoms with Crippen molar-refractivity contribution in [2.45, 2.75) is 0 Å². The molecule has 0 aliphatic rings. The molecule has 6 heteroatoms. The van der Waals surface area contributed by atoms with Crippen LogP contribution in [0.4, 0.5) is 22.0 Å². The number of hydrogen-bond acceptors (Lipinski definition) is 1. The third-order valence-electron chi connectivity index (χ3n) is 2.09. The molecular formula is C11H4F5N. The standard InChI is InChI=1S/C11H4F5N/c12-6-3-1-2-5(9(6)15)10-7(13)4-8(14)11(16)17-10/h1-4H. The summed E-state index contributed by atoms with van der Waals surface area (Å²) in [5.74, 6) is -6.94. The number of benzene rings is 1. The van der Waals surface area contributed by atoms with Gasteiger partial charge in [0.1, 0.15) is 5.69 Å². The molecule has 1 aromatic carbocycles. The van der Waals surface area contributed by atoms with Crippen LogP contribution in [-0.4, -0.2) is 4.98 Å². The second-order valence-electron chi connectivity index (χ2n) is 3.19. The molecule has 0 aliphatic heterocycles. The highest BCUT2D eigenvalue weighted by molar-refractivity contribution is 5.60. The van der Waals surface area contributed by atoms with Gasteiger partial charge in [-0.3, -0.25) is 0 Å². The highest BCUT2D eigenvalue weighted by Gasteiger charge is 2.18. The fourth-order valence-corrected chi connectivity index (χ4v) is 1.32. The summed E-state index contributed by atoms with van der Waals surface area (Å²) >= 11 is 0. The molecule has 1 nitrogen and oxygen atoms in total. The first-order chi connectivity index (χ1) is 8.00. The smallest absolute Gasteiger partial charge is 0.214 e. The van der Waals surface area contributed by atoms with Gasteiger partial charge in [-0.2, -0.15) is 4.39 Å². The lowest BCUT2D eigenvalue weighted by molar-refractivity contribution is 0.464. The van der Waals surface area contributed by atoms with E-state index in [9.17, 15) is 22.0 Å². The van der Waals surface area contributed by atoms with Gasteiger partial charge in [0.2, 0.25) is 5.95 Å². The van der Waals surface area contributed by atoms with Gasteiger partial charge in [0.25, 0.3) is 0 Å². The van der Waals surface area contributed by atoms with Crippen molar-refractivity contribution >= 4 is 0 Å². The molecule has 0 saturated heterocycles. The summed E-state index contributed by atoms with van der Waals surface area (Å²) in [6.07, 6.45) is 0. The van der Waals surface area contributed by atoms with Crippen molar-refractivity contribution in [3.63, 3.8) is 0 Å². The van der Waals surface area contributed by atoms with Crippen LogP contribution in [0, 0.1) is 29.2 Å². The summed E-state index contributed by atoms with van der Waals surface area (Å²) in [6, 6.07) is 3.16. The van der Waals surface area contributed by atoms with Crippen LogP contribution < -0.4 is 0 Å². The van der Waals surface area contributed by atoms with Gasteiger partial charge in [-0.1, -0.05) is 6.07 Å². The molecule has 1 aromatic heterocycles. The summed E-state index contributed by atoms with van der Waals surface area (Å²) in [4.78, 5) is 2.92. The van der Waals surface area contributed by atoms with E-state index in [0.29, 0.717) is 0 Å². The highest BCUT2D eigenvalue weighted by Crippen LogP contribution is 2.26. The van der Waals surface area contributed by atoms with Gasteiger partial charge < -0.3 is 0 Å². The van der Waals surface area contributed by atoms with Crippen molar-refractivity contribution in [2.24, 2.45) is 0 Å². The Balaban J connectivity index is 2.69. The number of pyridine rings is 1. The number of aromatic nitrogens is 1. The summed E-state index contributed by atoms with van der Waals surface area (Å²) in [6.45, 7) is 0. The molecule has 0 fully saturated rings. The Morgan fingerprint density at radius 3 is 2.24 bits per heavy atom. The van der Waals surface area contributed by atoms with Crippen LogP contribution in [0.1, 0.15) is 0 Å². The topological polar surface area (TPSA) is 12.9 Å². The Morgan fingerprint density at radius 2 is 1.53 bits per heavy atom. The average Bonchev–Trinajstić information content (AvgIpc) is 2.28. The van der Waals surface area contributed by atoms with Crippen LogP contribution in [0.5, 0.6) is 0 Å². The lowest BCUT2D eigenvalue weighted by atomic mass is 10.1. The Labute approximate surface area is 92.5 Å². The van der Waals surface area contributed by atoms with Gasteiger partial charge >= 0.3 is 0 Å². The Kier molecular flexibility index (Phi) is 2.79. The molecule has 17 heavy (non-hydrogen) atoms. The van der Waals surface area contributed by atoms with Crippen molar-refractivity contribution in [2.75, 3.05) is 0 Å². The molecule has 88 valence electrons. The second-order valence-corrected chi connectivity index (χ2v) is 3.19. The van der Waals surface area contributed by atoms with E-state index in [-0.39, 0.29) is 6.07 Å². The Morgan fingerprint density at radius 1 is 0.824 bits per heavy atom. The molecule has 0 unspecified atom stereocenters. The zero-order chi connectivity index (χ0) is 12.6. The van der Waals surface area contributed by atoms with E-state index in [4.69, 9.17) is 0 Å². The van der Waals surface area contributed by atoms with Crippen LogP contribution in [0.25, 0.3) is 11.3 Å². The third-order valence-corrected chi connectivity index (χ3v) is 2.09. The van der Waals surface area contributed by atoms with Gasteiger partial charge in [-0.15, -0.1) is 0 Å². The minimum Gasteiger partial charge on any atom is -0.214 e. The van der Waals surface area contributed by atoms with Crippen molar-refractivity contribution in [3.05, 3.63) is 53.5 Å². The molecular weight excluding hydrogens is 241 g/mol. The Hall–Kier alpha value is -1.98. The molecule has 1 heterocycles. The van der Waals surface area contributed by atoms with Gasteiger partial charge in [0, 0.05) is 11.6 Å². The number of rotatable bonds is 1. The van der Waals surface area contributed by atoms with Gasteiger partial charge in [-0.25, -0.2) is 22.5 Å². The van der Waals surface area contributed by atoms with E-state index < -0.39 is 40.5 Å². The zero-order valence-electron chi connectivity index (χ0n) is 8.15. The minimum atomic E-state index is -1.58. The number of halogens is 5. The summed E-state index contributed by atoms with van der Waals surface area (Å²) in [7, 11) is 0. The quantitative estimate of drug-likeness (QED) is 0.554. The molecule has 2 aromatic rings. The molecule has 0 radical (unpaired) electrons. The van der Waals surface area contributed by atoms with Gasteiger partial charge in [0.15, 0.2) is 23.3 Å². The van der Waals surface area contributed by atoms with E-state index in [1.165, 1.54) is 0 Å². The first kappa shape index (κ1) is 11.5. The van der Waals surface area contributed by atoms with Crippen LogP contribution in [0.2, 0.25) is 0 Å². The van der Waals surface area contributed by atoms with E-state index in [1.807, 2.05) is 0 Å². The zero-order valence-corrected chi connectivity index (χ0v) is 8.15. The predicted molar refractivity (Wildman–Crippen MR) is 49.5 cm³/mol. The molecule has 0 saturated carbocycles. The maximum absolute atomic E-state index is 13.3. The lowest BCUT2D eigenvalue weighted by Crippen LogP contribution is -1.99. The molecule has 0 amide bonds. The van der Waals surface area contributed by atoms with Crippen molar-refractivity contribution in [1.29, 1.82) is 0 Å². The van der Waals surface area contributed by atoms with E-state index >= 15 is 0 Å². The summed E-state index contributed by atoms with van der Waals surface area (Å²) in [5.41, 5.74) is -1.35. The predicted octanol–water partition coefficient (Wildman–Crippen LogP) is 3.44. The maximum atomic E-state index is 13.3. The Bertz CT molecular complexity index is 582. The summed E-state index contributed by atoms with van der Waals surface area (Å²) in [5, 5.41) is 0. The molecule has 0 atom stereocenters. The molecule has 0 bridgehead atoms. The molecule has 0 aliphatic carbocycles. The third kappa shape index (κ3) is 1.98. The monoisotopic (exact) mass is 245 g/mol. The first-order valence-corrected chi connectivity index (χ1v) is 4.46. The fourth-order valence-electron chi connectivity index (χ4n) is 1.32. The van der Waals surface area contributed by atoms with Gasteiger partial charge in [0.05, 0.1) is 0 Å². The van der Waals surface area contributed by atoms with Crippen molar-refractivity contribution in [1.82, 2.24) is 4.98 Å². The van der Waals surface area contributed by atoms with E-state index in [1.54, 1.807) is 0 Å². The lowest BCUT2D eigenvalue weighted by Gasteiger charge is -2.05. The molecule has 0 spiro atoms. The maximum Gasteiger partial charge on any atom is 0.249 e. The van der Waals surface area contributed by atoms with Crippen LogP contribution in [0.3, 0.4) is 0 Å².